The molecule has 2 fully saturated rings. The van der Waals surface area contributed by atoms with Crippen LogP contribution in [0.2, 0.25) is 0 Å². The van der Waals surface area contributed by atoms with Gasteiger partial charge in [-0.1, -0.05) is 42.5 Å². The van der Waals surface area contributed by atoms with Crippen LogP contribution in [0.15, 0.2) is 48.5 Å². The predicted octanol–water partition coefficient (Wildman–Crippen LogP) is 4.10. The quantitative estimate of drug-likeness (QED) is 0.711. The van der Waals surface area contributed by atoms with Gasteiger partial charge in [-0.25, -0.2) is 0 Å². The van der Waals surface area contributed by atoms with Crippen molar-refractivity contribution in [3.8, 4) is 0 Å². The minimum atomic E-state index is 0. The first kappa shape index (κ1) is 23.8. The lowest BCUT2D eigenvalue weighted by molar-refractivity contribution is -0.132. The van der Waals surface area contributed by atoms with Crippen molar-refractivity contribution in [1.29, 1.82) is 0 Å². The molecule has 0 radical (unpaired) electrons. The lowest BCUT2D eigenvalue weighted by atomic mass is 9.74. The number of nitrogens with zero attached hydrogens (tertiary/aromatic N) is 1. The van der Waals surface area contributed by atoms with E-state index in [-0.39, 0.29) is 35.6 Å². The Bertz CT molecular complexity index is 994. The zero-order valence-corrected chi connectivity index (χ0v) is 20.0. The number of carbonyl (C=O) groups excluding carboxylic acids is 2. The summed E-state index contributed by atoms with van der Waals surface area (Å²) in [5.41, 5.74) is 4.94. The molecule has 2 heterocycles. The maximum absolute atomic E-state index is 13.2. The Labute approximate surface area is 202 Å². The van der Waals surface area contributed by atoms with Crippen LogP contribution in [0.3, 0.4) is 0 Å². The van der Waals surface area contributed by atoms with Crippen LogP contribution in [-0.2, 0) is 27.8 Å². The van der Waals surface area contributed by atoms with Gasteiger partial charge in [-0.05, 0) is 73.2 Å². The van der Waals surface area contributed by atoms with Gasteiger partial charge in [-0.2, -0.15) is 0 Å². The molecule has 2 amide bonds. The third-order valence-electron chi connectivity index (χ3n) is 7.82. The van der Waals surface area contributed by atoms with Crippen LogP contribution in [-0.4, -0.2) is 42.9 Å². The molecule has 3 aliphatic rings. The highest BCUT2D eigenvalue weighted by Crippen LogP contribution is 2.46. The zero-order valence-electron chi connectivity index (χ0n) is 19.1. The van der Waals surface area contributed by atoms with Gasteiger partial charge in [-0.15, -0.1) is 12.4 Å². The third-order valence-corrected chi connectivity index (χ3v) is 7.82. The van der Waals surface area contributed by atoms with Crippen LogP contribution in [0.4, 0.5) is 5.69 Å². The Morgan fingerprint density at radius 2 is 1.79 bits per heavy atom. The van der Waals surface area contributed by atoms with E-state index in [1.165, 1.54) is 17.5 Å². The monoisotopic (exact) mass is 467 g/mol. The van der Waals surface area contributed by atoms with Gasteiger partial charge in [0.25, 0.3) is 0 Å². The Balaban J connectivity index is 0.00000259. The van der Waals surface area contributed by atoms with Gasteiger partial charge in [0.1, 0.15) is 0 Å². The molecular weight excluding hydrogens is 434 g/mol. The molecular formula is C27H34ClN3O2. The highest BCUT2D eigenvalue weighted by molar-refractivity contribution is 5.94. The number of anilines is 1. The van der Waals surface area contributed by atoms with Gasteiger partial charge < -0.3 is 15.5 Å². The first-order valence-corrected chi connectivity index (χ1v) is 12.1. The number of nitrogens with one attached hydrogen (secondary N) is 2. The SMILES string of the molecule is Cl.O=C(Nc1ccccc1CC(=O)N1CCC2(CCc3ccccc32)CC1)C1CCCNC1. The molecule has 5 rings (SSSR count). The lowest BCUT2D eigenvalue weighted by Crippen LogP contribution is -2.45. The fraction of sp³-hybridized carbons (Fsp3) is 0.481. The van der Waals surface area contributed by atoms with Crippen molar-refractivity contribution >= 4 is 29.9 Å². The summed E-state index contributed by atoms with van der Waals surface area (Å²) < 4.78 is 0. The number of rotatable bonds is 4. The second-order valence-corrected chi connectivity index (χ2v) is 9.68. The average Bonchev–Trinajstić information content (AvgIpc) is 3.19. The number of fused-ring (bicyclic) bond motifs is 2. The molecule has 6 heteroatoms. The summed E-state index contributed by atoms with van der Waals surface area (Å²) in [7, 11) is 0. The number of piperidine rings is 2. The smallest absolute Gasteiger partial charge is 0.228 e. The van der Waals surface area contributed by atoms with E-state index in [9.17, 15) is 9.59 Å². The van der Waals surface area contributed by atoms with Crippen LogP contribution in [0, 0.1) is 5.92 Å². The zero-order chi connectivity index (χ0) is 22.0. The Morgan fingerprint density at radius 1 is 1.03 bits per heavy atom. The van der Waals surface area contributed by atoms with E-state index in [0.29, 0.717) is 6.42 Å². The van der Waals surface area contributed by atoms with E-state index < -0.39 is 0 Å². The molecule has 176 valence electrons. The number of benzene rings is 2. The van der Waals surface area contributed by atoms with Crippen molar-refractivity contribution in [2.24, 2.45) is 5.92 Å². The molecule has 33 heavy (non-hydrogen) atoms. The molecule has 1 spiro atoms. The van der Waals surface area contributed by atoms with Crippen LogP contribution in [0.5, 0.6) is 0 Å². The predicted molar refractivity (Wildman–Crippen MR) is 134 cm³/mol. The van der Waals surface area contributed by atoms with E-state index >= 15 is 0 Å². The lowest BCUT2D eigenvalue weighted by Gasteiger charge is -2.40. The summed E-state index contributed by atoms with van der Waals surface area (Å²) in [6, 6.07) is 16.6. The molecule has 2 N–H and O–H groups in total. The van der Waals surface area contributed by atoms with Gasteiger partial charge in [-0.3, -0.25) is 9.59 Å². The van der Waals surface area contributed by atoms with Crippen molar-refractivity contribution in [2.75, 3.05) is 31.5 Å². The first-order chi connectivity index (χ1) is 15.6. The van der Waals surface area contributed by atoms with E-state index in [1.54, 1.807) is 0 Å². The third kappa shape index (κ3) is 4.95. The Morgan fingerprint density at radius 3 is 2.58 bits per heavy atom. The van der Waals surface area contributed by atoms with Crippen molar-refractivity contribution in [3.63, 3.8) is 0 Å². The Hall–Kier alpha value is -2.37. The van der Waals surface area contributed by atoms with Gasteiger partial charge in [0.2, 0.25) is 11.8 Å². The second-order valence-electron chi connectivity index (χ2n) is 9.68. The van der Waals surface area contributed by atoms with Crippen molar-refractivity contribution < 1.29 is 9.59 Å². The normalized spacial score (nSPS) is 21.2. The first-order valence-electron chi connectivity index (χ1n) is 12.1. The summed E-state index contributed by atoms with van der Waals surface area (Å²) >= 11 is 0. The second kappa shape index (κ2) is 10.3. The fourth-order valence-corrected chi connectivity index (χ4v) is 5.85. The number of aryl methyl sites for hydroxylation is 1. The van der Waals surface area contributed by atoms with E-state index in [1.807, 2.05) is 29.2 Å². The van der Waals surface area contributed by atoms with E-state index in [0.717, 1.165) is 69.5 Å². The molecule has 2 aromatic carbocycles. The number of para-hydroxylation sites is 1. The highest BCUT2D eigenvalue weighted by atomic mass is 35.5. The fourth-order valence-electron chi connectivity index (χ4n) is 5.85. The van der Waals surface area contributed by atoms with Crippen LogP contribution in [0.1, 0.15) is 48.8 Å². The maximum atomic E-state index is 13.2. The average molecular weight is 468 g/mol. The highest BCUT2D eigenvalue weighted by Gasteiger charge is 2.41. The molecule has 0 bridgehead atoms. The van der Waals surface area contributed by atoms with Gasteiger partial charge >= 0.3 is 0 Å². The number of likely N-dealkylation sites (tertiary alicyclic amines) is 1. The summed E-state index contributed by atoms with van der Waals surface area (Å²) in [4.78, 5) is 27.9. The molecule has 1 aliphatic carbocycles. The number of amides is 2. The van der Waals surface area contributed by atoms with Gasteiger partial charge in [0, 0.05) is 25.3 Å². The molecule has 1 atom stereocenters. The molecule has 1 unspecified atom stereocenters. The van der Waals surface area contributed by atoms with Crippen molar-refractivity contribution in [3.05, 3.63) is 65.2 Å². The largest absolute Gasteiger partial charge is 0.342 e. The van der Waals surface area contributed by atoms with Crippen LogP contribution >= 0.6 is 12.4 Å². The number of halogens is 1. The summed E-state index contributed by atoms with van der Waals surface area (Å²) in [5, 5.41) is 6.39. The molecule has 2 aromatic rings. The number of carbonyl (C=O) groups is 2. The van der Waals surface area contributed by atoms with E-state index in [2.05, 4.69) is 34.9 Å². The van der Waals surface area contributed by atoms with E-state index in [4.69, 9.17) is 0 Å². The molecule has 2 saturated heterocycles. The summed E-state index contributed by atoms with van der Waals surface area (Å²) in [5.74, 6) is 0.212. The Kier molecular flexibility index (Phi) is 7.40. The van der Waals surface area contributed by atoms with Crippen molar-refractivity contribution in [2.45, 2.75) is 50.4 Å². The summed E-state index contributed by atoms with van der Waals surface area (Å²) in [6.07, 6.45) is 6.74. The van der Waals surface area contributed by atoms with Crippen LogP contribution in [0.25, 0.3) is 0 Å². The molecule has 0 saturated carbocycles. The topological polar surface area (TPSA) is 61.4 Å². The van der Waals surface area contributed by atoms with Crippen molar-refractivity contribution in [1.82, 2.24) is 10.2 Å². The molecule has 5 nitrogen and oxygen atoms in total. The van der Waals surface area contributed by atoms with Gasteiger partial charge in [0.15, 0.2) is 0 Å². The minimum Gasteiger partial charge on any atom is -0.342 e. The van der Waals surface area contributed by atoms with Gasteiger partial charge in [0.05, 0.1) is 12.3 Å². The maximum Gasteiger partial charge on any atom is 0.228 e. The summed E-state index contributed by atoms with van der Waals surface area (Å²) in [6.45, 7) is 3.34. The number of hydrogen-bond acceptors (Lipinski definition) is 3. The standard InChI is InChI=1S/C27H33N3O2.ClH/c31-25(30-16-13-27(14-17-30)12-11-20-6-1-3-9-23(20)27)18-21-7-2-4-10-24(21)29-26(32)22-8-5-15-28-19-22;/h1-4,6-7,9-10,22,28H,5,8,11-19H2,(H,29,32);1H. The molecule has 0 aromatic heterocycles. The minimum absolute atomic E-state index is 0. The molecule has 2 aliphatic heterocycles. The van der Waals surface area contributed by atoms with Crippen LogP contribution < -0.4 is 10.6 Å². The number of hydrogen-bond donors (Lipinski definition) is 2.